The number of rotatable bonds is 6. The van der Waals surface area contributed by atoms with Crippen molar-refractivity contribution < 1.29 is 9.72 Å². The van der Waals surface area contributed by atoms with Gasteiger partial charge < -0.3 is 5.73 Å². The van der Waals surface area contributed by atoms with Crippen LogP contribution in [-0.4, -0.2) is 40.3 Å². The summed E-state index contributed by atoms with van der Waals surface area (Å²) in [6.45, 7) is 0.501. The Balaban J connectivity index is 2.15. The third-order valence-corrected chi connectivity index (χ3v) is 5.39. The van der Waals surface area contributed by atoms with E-state index in [1.165, 1.54) is 12.5 Å². The van der Waals surface area contributed by atoms with Gasteiger partial charge in [0, 0.05) is 35.0 Å². The van der Waals surface area contributed by atoms with Crippen LogP contribution < -0.4 is 5.73 Å². The Morgan fingerprint density at radius 1 is 1.50 bits per heavy atom. The van der Waals surface area contributed by atoms with Gasteiger partial charge in [0.05, 0.1) is 4.92 Å². The maximum atomic E-state index is 11.2. The van der Waals surface area contributed by atoms with Crippen molar-refractivity contribution in [3.63, 3.8) is 0 Å². The Hall–Kier alpha value is -1.60. The number of nitro groups is 1. The van der Waals surface area contributed by atoms with Crippen LogP contribution >= 0.6 is 11.8 Å². The van der Waals surface area contributed by atoms with E-state index in [0.717, 1.165) is 12.8 Å². The third kappa shape index (κ3) is 3.78. The van der Waals surface area contributed by atoms with Crippen molar-refractivity contribution >= 4 is 23.4 Å². The number of nitrogens with zero attached hydrogens (tertiary/aromatic N) is 2. The van der Waals surface area contributed by atoms with E-state index in [1.807, 2.05) is 18.8 Å². The van der Waals surface area contributed by atoms with Gasteiger partial charge in [0.25, 0.3) is 5.69 Å². The van der Waals surface area contributed by atoms with Crippen LogP contribution in [0.4, 0.5) is 5.69 Å². The number of hydrogen-bond donors (Lipinski definition) is 1. The Labute approximate surface area is 134 Å². The number of nitrogens with two attached hydrogens (primary N) is 1. The molecule has 1 amide bonds. The fourth-order valence-electron chi connectivity index (χ4n) is 2.95. The summed E-state index contributed by atoms with van der Waals surface area (Å²) in [5.74, 6) is -0.651. The van der Waals surface area contributed by atoms with Crippen LogP contribution in [0.5, 0.6) is 0 Å². The molecule has 2 rings (SSSR count). The zero-order chi connectivity index (χ0) is 16.3. The molecule has 120 valence electrons. The fraction of sp³-hybridized carbons (Fsp3) is 0.533. The Morgan fingerprint density at radius 2 is 2.23 bits per heavy atom. The molecule has 2 N–H and O–H groups in total. The number of thioether (sulfide) groups is 1. The smallest absolute Gasteiger partial charge is 0.274 e. The van der Waals surface area contributed by atoms with Gasteiger partial charge in [-0.05, 0) is 38.6 Å². The summed E-state index contributed by atoms with van der Waals surface area (Å²) in [4.78, 5) is 24.1. The highest BCUT2D eigenvalue weighted by Gasteiger charge is 2.28. The number of amides is 1. The van der Waals surface area contributed by atoms with Crippen molar-refractivity contribution in [1.82, 2.24) is 4.90 Å². The van der Waals surface area contributed by atoms with E-state index in [9.17, 15) is 14.9 Å². The standard InChI is InChI=1S/C15H21N3O3S/c1-17(12-5-6-13(8-12)22-2)9-11-4-3-10(15(16)19)7-14(11)18(20)21/h3-4,7,12-13H,5-6,8-9H2,1-2H3,(H2,16,19). The van der Waals surface area contributed by atoms with Crippen LogP contribution in [0.25, 0.3) is 0 Å². The molecule has 7 heteroatoms. The first-order valence-corrected chi connectivity index (χ1v) is 8.51. The minimum Gasteiger partial charge on any atom is -0.366 e. The average Bonchev–Trinajstić information content (AvgIpc) is 2.96. The summed E-state index contributed by atoms with van der Waals surface area (Å²) in [5.41, 5.74) is 5.93. The van der Waals surface area contributed by atoms with E-state index >= 15 is 0 Å². The Kier molecular flexibility index (Phi) is 5.42. The second kappa shape index (κ2) is 7.11. The first-order chi connectivity index (χ1) is 10.4. The van der Waals surface area contributed by atoms with Gasteiger partial charge in [0.2, 0.25) is 5.91 Å². The van der Waals surface area contributed by atoms with Gasteiger partial charge >= 0.3 is 0 Å². The molecule has 2 atom stereocenters. The molecule has 0 bridgehead atoms. The van der Waals surface area contributed by atoms with Crippen molar-refractivity contribution in [2.24, 2.45) is 5.73 Å². The molecule has 1 aliphatic rings. The summed E-state index contributed by atoms with van der Waals surface area (Å²) in [5, 5.41) is 11.9. The molecule has 1 fully saturated rings. The first-order valence-electron chi connectivity index (χ1n) is 7.22. The van der Waals surface area contributed by atoms with Gasteiger partial charge in [-0.15, -0.1) is 0 Å². The molecule has 2 unspecified atom stereocenters. The van der Waals surface area contributed by atoms with E-state index in [0.29, 0.717) is 23.4 Å². The highest BCUT2D eigenvalue weighted by Crippen LogP contribution is 2.32. The average molecular weight is 323 g/mol. The quantitative estimate of drug-likeness (QED) is 0.641. The molecule has 0 heterocycles. The van der Waals surface area contributed by atoms with Gasteiger partial charge in [-0.1, -0.05) is 6.07 Å². The molecule has 0 aliphatic heterocycles. The second-order valence-electron chi connectivity index (χ2n) is 5.70. The maximum absolute atomic E-state index is 11.2. The lowest BCUT2D eigenvalue weighted by Crippen LogP contribution is -2.29. The number of carbonyl (C=O) groups is 1. The van der Waals surface area contributed by atoms with Gasteiger partial charge in [0.1, 0.15) is 0 Å². The Morgan fingerprint density at radius 3 is 2.77 bits per heavy atom. The summed E-state index contributed by atoms with van der Waals surface area (Å²) in [6, 6.07) is 4.91. The number of primary amides is 1. The van der Waals surface area contributed by atoms with E-state index in [-0.39, 0.29) is 11.3 Å². The van der Waals surface area contributed by atoms with Gasteiger partial charge in [-0.25, -0.2) is 0 Å². The molecule has 1 aromatic rings. The zero-order valence-electron chi connectivity index (χ0n) is 12.8. The normalized spacial score (nSPS) is 21.2. The SMILES string of the molecule is CSC1CCC(N(C)Cc2ccc(C(N)=O)cc2[N+](=O)[O-])C1. The predicted molar refractivity (Wildman–Crippen MR) is 88.0 cm³/mol. The molecular weight excluding hydrogens is 302 g/mol. The largest absolute Gasteiger partial charge is 0.366 e. The second-order valence-corrected chi connectivity index (χ2v) is 6.84. The third-order valence-electron chi connectivity index (χ3n) is 4.30. The highest BCUT2D eigenvalue weighted by atomic mass is 32.2. The van der Waals surface area contributed by atoms with E-state index in [2.05, 4.69) is 11.2 Å². The van der Waals surface area contributed by atoms with E-state index in [4.69, 9.17) is 5.73 Å². The van der Waals surface area contributed by atoms with Crippen molar-refractivity contribution in [2.75, 3.05) is 13.3 Å². The highest BCUT2D eigenvalue weighted by molar-refractivity contribution is 7.99. The van der Waals surface area contributed by atoms with Crippen molar-refractivity contribution in [3.8, 4) is 0 Å². The number of benzene rings is 1. The first kappa shape index (κ1) is 16.8. The van der Waals surface area contributed by atoms with Crippen LogP contribution in [0.2, 0.25) is 0 Å². The number of hydrogen-bond acceptors (Lipinski definition) is 5. The van der Waals surface area contributed by atoms with Crippen LogP contribution in [-0.2, 0) is 6.54 Å². The zero-order valence-corrected chi connectivity index (χ0v) is 13.6. The van der Waals surface area contributed by atoms with Crippen LogP contribution in [0, 0.1) is 10.1 Å². The fourth-order valence-corrected chi connectivity index (χ4v) is 3.74. The number of carbonyl (C=O) groups excluding carboxylic acids is 1. The van der Waals surface area contributed by atoms with Crippen LogP contribution in [0.3, 0.4) is 0 Å². The maximum Gasteiger partial charge on any atom is 0.274 e. The van der Waals surface area contributed by atoms with Gasteiger partial charge in [-0.2, -0.15) is 11.8 Å². The molecule has 0 spiro atoms. The molecule has 1 saturated carbocycles. The number of nitro benzene ring substituents is 1. The molecule has 1 aliphatic carbocycles. The van der Waals surface area contributed by atoms with E-state index < -0.39 is 10.8 Å². The van der Waals surface area contributed by atoms with Crippen molar-refractivity contribution in [3.05, 3.63) is 39.4 Å². The molecule has 6 nitrogen and oxygen atoms in total. The molecule has 1 aromatic carbocycles. The van der Waals surface area contributed by atoms with Crippen LogP contribution in [0.1, 0.15) is 35.2 Å². The molecule has 0 aromatic heterocycles. The topological polar surface area (TPSA) is 89.5 Å². The molecule has 22 heavy (non-hydrogen) atoms. The monoisotopic (exact) mass is 323 g/mol. The lowest BCUT2D eigenvalue weighted by atomic mass is 10.1. The van der Waals surface area contributed by atoms with Gasteiger partial charge in [-0.3, -0.25) is 19.8 Å². The van der Waals surface area contributed by atoms with Gasteiger partial charge in [0.15, 0.2) is 0 Å². The molecule has 0 radical (unpaired) electrons. The summed E-state index contributed by atoms with van der Waals surface area (Å²) in [7, 11) is 2.00. The van der Waals surface area contributed by atoms with Crippen molar-refractivity contribution in [2.45, 2.75) is 37.1 Å². The minimum absolute atomic E-state index is 0.0393. The lowest BCUT2D eigenvalue weighted by molar-refractivity contribution is -0.385. The molecule has 0 saturated heterocycles. The Bertz CT molecular complexity index is 579. The van der Waals surface area contributed by atoms with E-state index in [1.54, 1.807) is 12.1 Å². The predicted octanol–water partition coefficient (Wildman–Crippen LogP) is 2.41. The molecular formula is C15H21N3O3S. The minimum atomic E-state index is -0.651. The summed E-state index contributed by atoms with van der Waals surface area (Å²) in [6.07, 6.45) is 5.55. The summed E-state index contributed by atoms with van der Waals surface area (Å²) < 4.78 is 0. The summed E-state index contributed by atoms with van der Waals surface area (Å²) >= 11 is 1.89. The van der Waals surface area contributed by atoms with Crippen LogP contribution in [0.15, 0.2) is 18.2 Å². The van der Waals surface area contributed by atoms with Crippen molar-refractivity contribution in [1.29, 1.82) is 0 Å². The lowest BCUT2D eigenvalue weighted by Gasteiger charge is -2.24.